The van der Waals surface area contributed by atoms with Crippen molar-refractivity contribution in [3.63, 3.8) is 0 Å². The number of piperazine rings is 1. The Hall–Kier alpha value is -0.373. The summed E-state index contributed by atoms with van der Waals surface area (Å²) in [6.07, 6.45) is 3.29. The number of nitriles is 1. The largest absolute Gasteiger partial charge is 0.321 e. The zero-order valence-electron chi connectivity index (χ0n) is 13.5. The molecule has 0 aliphatic carbocycles. The van der Waals surface area contributed by atoms with Crippen molar-refractivity contribution in [1.29, 1.82) is 5.26 Å². The molecule has 0 aromatic rings. The van der Waals surface area contributed by atoms with E-state index in [1.807, 2.05) is 0 Å². The molecule has 0 unspecified atom stereocenters. The molecule has 4 heteroatoms. The minimum Gasteiger partial charge on any atom is -0.321 e. The fraction of sp³-hybridized carbons (Fsp3) is 0.933. The molecule has 0 radical (unpaired) electrons. The van der Waals surface area contributed by atoms with Gasteiger partial charge in [-0.25, -0.2) is 0 Å². The van der Waals surface area contributed by atoms with E-state index in [-0.39, 0.29) is 0 Å². The van der Waals surface area contributed by atoms with E-state index in [4.69, 9.17) is 5.26 Å². The molecule has 0 atom stereocenters. The van der Waals surface area contributed by atoms with E-state index in [1.54, 1.807) is 0 Å². The van der Waals surface area contributed by atoms with Crippen LogP contribution in [0.4, 0.5) is 0 Å². The lowest BCUT2D eigenvalue weighted by Gasteiger charge is -2.50. The molecule has 1 aliphatic rings. The molecule has 1 fully saturated rings. The maximum Gasteiger partial charge on any atom is 0.127 e. The molecule has 0 N–H and O–H groups in total. The van der Waals surface area contributed by atoms with Crippen LogP contribution in [-0.4, -0.2) is 50.4 Å². The summed E-state index contributed by atoms with van der Waals surface area (Å²) in [5.74, 6) is 0. The van der Waals surface area contributed by atoms with Gasteiger partial charge in [-0.05, 0) is 11.5 Å². The molecule has 0 aromatic carbocycles. The van der Waals surface area contributed by atoms with Crippen LogP contribution < -0.4 is 0 Å². The molecule has 3 nitrogen and oxygen atoms in total. The number of hydrogen-bond donors (Lipinski definition) is 0. The van der Waals surface area contributed by atoms with Gasteiger partial charge in [0.15, 0.2) is 0 Å². The van der Waals surface area contributed by atoms with E-state index in [0.717, 1.165) is 19.6 Å². The van der Waals surface area contributed by atoms with Crippen molar-refractivity contribution in [1.82, 2.24) is 9.47 Å². The average molecular weight is 282 g/mol. The maximum atomic E-state index is 8.66. The summed E-state index contributed by atoms with van der Waals surface area (Å²) in [5, 5.41) is 9.15. The Labute approximate surface area is 120 Å². The van der Waals surface area contributed by atoms with E-state index in [1.165, 1.54) is 25.9 Å². The van der Waals surface area contributed by atoms with Crippen molar-refractivity contribution < 1.29 is 0 Å². The molecule has 0 aromatic heterocycles. The molecule has 0 amide bonds. The number of hydrogen-bond acceptors (Lipinski definition) is 3. The normalized spacial score (nSPS) is 19.4. The van der Waals surface area contributed by atoms with E-state index < -0.39 is 8.24 Å². The summed E-state index contributed by atoms with van der Waals surface area (Å²) in [6, 6.07) is 2.25. The predicted molar refractivity (Wildman–Crippen MR) is 84.7 cm³/mol. The van der Waals surface area contributed by atoms with Gasteiger partial charge in [-0.3, -0.25) is 4.90 Å². The van der Waals surface area contributed by atoms with Crippen LogP contribution in [0.5, 0.6) is 0 Å². The van der Waals surface area contributed by atoms with Gasteiger partial charge in [-0.2, -0.15) is 5.26 Å². The van der Waals surface area contributed by atoms with Gasteiger partial charge in [-0.1, -0.05) is 40.3 Å². The summed E-state index contributed by atoms with van der Waals surface area (Å²) in [4.78, 5) is 2.44. The molecular weight excluding hydrogens is 250 g/mol. The van der Waals surface area contributed by atoms with Crippen LogP contribution in [0.1, 0.15) is 40.0 Å². The first kappa shape index (κ1) is 16.7. The van der Waals surface area contributed by atoms with Gasteiger partial charge >= 0.3 is 0 Å². The third kappa shape index (κ3) is 4.04. The Morgan fingerprint density at radius 2 is 1.74 bits per heavy atom. The van der Waals surface area contributed by atoms with Gasteiger partial charge in [0, 0.05) is 39.1 Å². The Kier molecular flexibility index (Phi) is 6.03. The Balaban J connectivity index is 2.56. The third-order valence-corrected chi connectivity index (χ3v) is 10.8. The summed E-state index contributed by atoms with van der Waals surface area (Å²) in [7, 11) is -1.37. The molecule has 1 aliphatic heterocycles. The first-order valence-electron chi connectivity index (χ1n) is 7.69. The Morgan fingerprint density at radius 3 is 2.21 bits per heavy atom. The fourth-order valence-electron chi connectivity index (χ4n) is 3.10. The molecule has 0 bridgehead atoms. The Bertz CT molecular complexity index is 312. The Morgan fingerprint density at radius 1 is 1.16 bits per heavy atom. The van der Waals surface area contributed by atoms with Gasteiger partial charge in [-0.15, -0.1) is 0 Å². The van der Waals surface area contributed by atoms with Crippen molar-refractivity contribution >= 4 is 8.24 Å². The van der Waals surface area contributed by atoms with Crippen molar-refractivity contribution in [3.8, 4) is 6.07 Å². The van der Waals surface area contributed by atoms with E-state index in [9.17, 15) is 0 Å². The average Bonchev–Trinajstić information content (AvgIpc) is 2.36. The van der Waals surface area contributed by atoms with Gasteiger partial charge in [0.05, 0.1) is 6.07 Å². The highest BCUT2D eigenvalue weighted by molar-refractivity contribution is 6.77. The highest BCUT2D eigenvalue weighted by atomic mass is 28.3. The topological polar surface area (TPSA) is 30.3 Å². The van der Waals surface area contributed by atoms with Crippen molar-refractivity contribution in [3.05, 3.63) is 0 Å². The molecular formula is C15H31N3Si. The van der Waals surface area contributed by atoms with Gasteiger partial charge in [0.2, 0.25) is 0 Å². The third-order valence-electron chi connectivity index (χ3n) is 5.23. The predicted octanol–water partition coefficient (Wildman–Crippen LogP) is 3.30. The molecule has 1 heterocycles. The van der Waals surface area contributed by atoms with Gasteiger partial charge in [0.1, 0.15) is 8.24 Å². The molecule has 0 spiro atoms. The lowest BCUT2D eigenvalue weighted by Crippen LogP contribution is -2.61. The summed E-state index contributed by atoms with van der Waals surface area (Å²) >= 11 is 0. The highest BCUT2D eigenvalue weighted by Gasteiger charge is 2.43. The second-order valence-corrected chi connectivity index (χ2v) is 12.0. The summed E-state index contributed by atoms with van der Waals surface area (Å²) in [5.41, 5.74) is 0. The van der Waals surface area contributed by atoms with Crippen LogP contribution >= 0.6 is 0 Å². The quantitative estimate of drug-likeness (QED) is 0.700. The highest BCUT2D eigenvalue weighted by Crippen LogP contribution is 2.43. The van der Waals surface area contributed by atoms with Crippen molar-refractivity contribution in [2.45, 2.75) is 58.2 Å². The summed E-state index contributed by atoms with van der Waals surface area (Å²) in [6.45, 7) is 17.9. The van der Waals surface area contributed by atoms with Gasteiger partial charge < -0.3 is 4.57 Å². The molecule has 1 saturated heterocycles. The van der Waals surface area contributed by atoms with E-state index >= 15 is 0 Å². The van der Waals surface area contributed by atoms with Crippen LogP contribution in [0.25, 0.3) is 0 Å². The zero-order valence-corrected chi connectivity index (χ0v) is 14.5. The first-order chi connectivity index (χ1) is 8.85. The lowest BCUT2D eigenvalue weighted by molar-refractivity contribution is 0.182. The fourth-order valence-corrected chi connectivity index (χ4v) is 6.13. The van der Waals surface area contributed by atoms with Crippen LogP contribution in [0.2, 0.25) is 18.1 Å². The van der Waals surface area contributed by atoms with E-state index in [0.29, 0.717) is 11.5 Å². The van der Waals surface area contributed by atoms with Crippen LogP contribution in [0, 0.1) is 11.3 Å². The van der Waals surface area contributed by atoms with Crippen molar-refractivity contribution in [2.75, 3.05) is 32.7 Å². The maximum absolute atomic E-state index is 8.66. The second kappa shape index (κ2) is 6.87. The number of nitrogens with zero attached hydrogens (tertiary/aromatic N) is 3. The SMILES string of the molecule is CCCC(C)(C)[Si](C)(C)N1CCN(CCC#N)CC1. The lowest BCUT2D eigenvalue weighted by atomic mass is 10.1. The molecule has 110 valence electrons. The zero-order chi connectivity index (χ0) is 14.5. The van der Waals surface area contributed by atoms with Crippen LogP contribution in [0.3, 0.4) is 0 Å². The van der Waals surface area contributed by atoms with Crippen LogP contribution in [-0.2, 0) is 0 Å². The van der Waals surface area contributed by atoms with Gasteiger partial charge in [0.25, 0.3) is 0 Å². The smallest absolute Gasteiger partial charge is 0.127 e. The minimum absolute atomic E-state index is 0.483. The molecule has 0 saturated carbocycles. The van der Waals surface area contributed by atoms with Crippen LogP contribution in [0.15, 0.2) is 0 Å². The molecule has 1 rings (SSSR count). The number of rotatable bonds is 6. The van der Waals surface area contributed by atoms with Crippen molar-refractivity contribution in [2.24, 2.45) is 0 Å². The second-order valence-electron chi connectivity index (χ2n) is 6.93. The summed E-state index contributed by atoms with van der Waals surface area (Å²) < 4.78 is 2.78. The monoisotopic (exact) mass is 281 g/mol. The van der Waals surface area contributed by atoms with E-state index in [2.05, 4.69) is 49.4 Å². The molecule has 19 heavy (non-hydrogen) atoms. The minimum atomic E-state index is -1.37. The first-order valence-corrected chi connectivity index (χ1v) is 10.6. The standard InChI is InChI=1S/C15H31N3Si/c1-6-8-15(2,3)19(4,5)18-13-11-17(12-14-18)10-7-9-16/h6-8,10-14H2,1-5H3.